The summed E-state index contributed by atoms with van der Waals surface area (Å²) in [7, 11) is 4.05. The molecule has 0 spiro atoms. The molecule has 128 valence electrons. The molecule has 0 saturated carbocycles. The molecule has 1 atom stereocenters. The number of halogens is 1. The van der Waals surface area contributed by atoms with Gasteiger partial charge in [0.05, 0.1) is 6.04 Å². The summed E-state index contributed by atoms with van der Waals surface area (Å²) in [5.41, 5.74) is 1.73. The van der Waals surface area contributed by atoms with Gasteiger partial charge in [0, 0.05) is 31.2 Å². The molecule has 6 heteroatoms. The van der Waals surface area contributed by atoms with E-state index >= 15 is 0 Å². The zero-order valence-corrected chi connectivity index (χ0v) is 15.1. The zero-order chi connectivity index (χ0) is 17.5. The van der Waals surface area contributed by atoms with E-state index in [4.69, 9.17) is 12.2 Å². The first kappa shape index (κ1) is 18.3. The Bertz CT molecular complexity index is 663. The Morgan fingerprint density at radius 3 is 2.67 bits per heavy atom. The maximum Gasteiger partial charge on any atom is 0.173 e. The number of hydrogen-bond acceptors (Lipinski definition) is 3. The normalized spacial score (nSPS) is 12.0. The van der Waals surface area contributed by atoms with E-state index in [1.165, 1.54) is 12.1 Å². The van der Waals surface area contributed by atoms with Crippen LogP contribution in [0.1, 0.15) is 18.5 Å². The summed E-state index contributed by atoms with van der Waals surface area (Å²) < 4.78 is 13.4. The fourth-order valence-corrected chi connectivity index (χ4v) is 2.71. The van der Waals surface area contributed by atoms with Gasteiger partial charge in [0.1, 0.15) is 5.82 Å². The van der Waals surface area contributed by atoms with Crippen molar-refractivity contribution in [1.29, 1.82) is 0 Å². The van der Waals surface area contributed by atoms with Crippen LogP contribution in [0.15, 0.2) is 48.8 Å². The van der Waals surface area contributed by atoms with Crippen molar-refractivity contribution in [2.45, 2.75) is 13.0 Å². The van der Waals surface area contributed by atoms with Crippen molar-refractivity contribution in [2.75, 3.05) is 32.5 Å². The molecule has 1 heterocycles. The molecule has 1 N–H and O–H groups in total. The second-order valence-electron chi connectivity index (χ2n) is 5.90. The molecule has 4 nitrogen and oxygen atoms in total. The minimum absolute atomic E-state index is 0.0622. The monoisotopic (exact) mass is 346 g/mol. The predicted molar refractivity (Wildman–Crippen MR) is 101 cm³/mol. The van der Waals surface area contributed by atoms with Gasteiger partial charge in [-0.2, -0.15) is 0 Å². The van der Waals surface area contributed by atoms with Gasteiger partial charge >= 0.3 is 0 Å². The smallest absolute Gasteiger partial charge is 0.173 e. The van der Waals surface area contributed by atoms with Crippen LogP contribution in [0.25, 0.3) is 0 Å². The second kappa shape index (κ2) is 8.70. The molecule has 0 aliphatic rings. The van der Waals surface area contributed by atoms with Crippen LogP contribution < -0.4 is 5.32 Å². The molecule has 0 aliphatic carbocycles. The minimum Gasteiger partial charge on any atom is -0.341 e. The lowest BCUT2D eigenvalue weighted by Gasteiger charge is -2.33. The Balaban J connectivity index is 2.16. The maximum atomic E-state index is 13.4. The largest absolute Gasteiger partial charge is 0.341 e. The van der Waals surface area contributed by atoms with Gasteiger partial charge in [-0.15, -0.1) is 0 Å². The number of nitrogens with one attached hydrogen (secondary N) is 1. The standard InChI is InChI=1S/C18H23FN4S/c1-14(15-6-5-9-20-13-15)23(11-10-22(2)3)18(24)21-17-8-4-7-16(19)12-17/h4-9,12-14H,10-11H2,1-3H3,(H,21,24). The fourth-order valence-electron chi connectivity index (χ4n) is 2.34. The van der Waals surface area contributed by atoms with Gasteiger partial charge in [0.2, 0.25) is 0 Å². The highest BCUT2D eigenvalue weighted by molar-refractivity contribution is 7.80. The predicted octanol–water partition coefficient (Wildman–Crippen LogP) is 3.54. The number of rotatable bonds is 6. The number of benzene rings is 1. The van der Waals surface area contributed by atoms with Crippen LogP contribution in [0.3, 0.4) is 0 Å². The van der Waals surface area contributed by atoms with Gasteiger partial charge in [-0.25, -0.2) is 4.39 Å². The van der Waals surface area contributed by atoms with Crippen LogP contribution in [0, 0.1) is 5.82 Å². The zero-order valence-electron chi connectivity index (χ0n) is 14.2. The van der Waals surface area contributed by atoms with Crippen molar-refractivity contribution in [3.63, 3.8) is 0 Å². The van der Waals surface area contributed by atoms with E-state index in [-0.39, 0.29) is 11.9 Å². The Labute approximate surface area is 148 Å². The van der Waals surface area contributed by atoms with Gasteiger partial charge in [-0.05, 0) is 63.1 Å². The molecule has 1 unspecified atom stereocenters. The summed E-state index contributed by atoms with van der Waals surface area (Å²) in [6, 6.07) is 10.3. The van der Waals surface area contributed by atoms with Crippen molar-refractivity contribution in [2.24, 2.45) is 0 Å². The minimum atomic E-state index is -0.289. The first-order valence-electron chi connectivity index (χ1n) is 7.85. The third kappa shape index (κ3) is 5.25. The highest BCUT2D eigenvalue weighted by Gasteiger charge is 2.19. The van der Waals surface area contributed by atoms with Crippen molar-refractivity contribution in [1.82, 2.24) is 14.8 Å². The number of likely N-dealkylation sites (N-methyl/N-ethyl adjacent to an activating group) is 1. The summed E-state index contributed by atoms with van der Waals surface area (Å²) in [6.45, 7) is 3.70. The third-order valence-electron chi connectivity index (χ3n) is 3.76. The molecular formula is C18H23FN4S. The second-order valence-corrected chi connectivity index (χ2v) is 6.29. The van der Waals surface area contributed by atoms with Crippen LogP contribution in [0.5, 0.6) is 0 Å². The molecular weight excluding hydrogens is 323 g/mol. The molecule has 0 amide bonds. The first-order valence-corrected chi connectivity index (χ1v) is 8.26. The Hall–Kier alpha value is -2.05. The SMILES string of the molecule is CC(c1cccnc1)N(CCN(C)C)C(=S)Nc1cccc(F)c1. The van der Waals surface area contributed by atoms with E-state index in [1.807, 2.05) is 32.4 Å². The number of nitrogens with zero attached hydrogens (tertiary/aromatic N) is 3. The lowest BCUT2D eigenvalue weighted by atomic mass is 10.1. The van der Waals surface area contributed by atoms with Gasteiger partial charge in [-0.1, -0.05) is 12.1 Å². The number of aromatic nitrogens is 1. The van der Waals surface area contributed by atoms with Crippen molar-refractivity contribution < 1.29 is 4.39 Å². The molecule has 2 aromatic rings. The maximum absolute atomic E-state index is 13.4. The van der Waals surface area contributed by atoms with Crippen LogP contribution in [-0.4, -0.2) is 47.1 Å². The van der Waals surface area contributed by atoms with Gasteiger partial charge in [0.15, 0.2) is 5.11 Å². The highest BCUT2D eigenvalue weighted by atomic mass is 32.1. The first-order chi connectivity index (χ1) is 11.5. The van der Waals surface area contributed by atoms with E-state index in [0.29, 0.717) is 10.8 Å². The van der Waals surface area contributed by atoms with Crippen molar-refractivity contribution in [3.05, 3.63) is 60.2 Å². The molecule has 0 fully saturated rings. The summed E-state index contributed by atoms with van der Waals surface area (Å²) in [6.07, 6.45) is 3.60. The van der Waals surface area contributed by atoms with Gasteiger partial charge in [0.25, 0.3) is 0 Å². The lowest BCUT2D eigenvalue weighted by Crippen LogP contribution is -2.40. The van der Waals surface area contributed by atoms with Crippen molar-refractivity contribution in [3.8, 4) is 0 Å². The summed E-state index contributed by atoms with van der Waals surface area (Å²) in [4.78, 5) is 8.39. The summed E-state index contributed by atoms with van der Waals surface area (Å²) in [5, 5.41) is 3.70. The molecule has 0 radical (unpaired) electrons. The molecule has 2 rings (SSSR count). The number of thiocarbonyl (C=S) groups is 1. The van der Waals surface area contributed by atoms with Crippen LogP contribution >= 0.6 is 12.2 Å². The topological polar surface area (TPSA) is 31.4 Å². The van der Waals surface area contributed by atoms with Crippen LogP contribution in [0.4, 0.5) is 10.1 Å². The van der Waals surface area contributed by atoms with Crippen LogP contribution in [0.2, 0.25) is 0 Å². The van der Waals surface area contributed by atoms with Gasteiger partial charge in [-0.3, -0.25) is 4.98 Å². The number of pyridine rings is 1. The Kier molecular flexibility index (Phi) is 6.63. The number of hydrogen-bond donors (Lipinski definition) is 1. The quantitative estimate of drug-likeness (QED) is 0.809. The fraction of sp³-hybridized carbons (Fsp3) is 0.333. The van der Waals surface area contributed by atoms with E-state index in [2.05, 4.69) is 27.0 Å². The highest BCUT2D eigenvalue weighted by Crippen LogP contribution is 2.21. The van der Waals surface area contributed by atoms with E-state index in [9.17, 15) is 4.39 Å². The Morgan fingerprint density at radius 1 is 1.25 bits per heavy atom. The molecule has 24 heavy (non-hydrogen) atoms. The van der Waals surface area contributed by atoms with Crippen molar-refractivity contribution >= 4 is 23.0 Å². The number of anilines is 1. The lowest BCUT2D eigenvalue weighted by molar-refractivity contribution is 0.289. The molecule has 0 bridgehead atoms. The average molecular weight is 346 g/mol. The molecule has 1 aromatic carbocycles. The van der Waals surface area contributed by atoms with E-state index in [0.717, 1.165) is 18.7 Å². The van der Waals surface area contributed by atoms with Crippen LogP contribution in [-0.2, 0) is 0 Å². The van der Waals surface area contributed by atoms with E-state index < -0.39 is 0 Å². The van der Waals surface area contributed by atoms with E-state index in [1.54, 1.807) is 18.3 Å². The molecule has 0 saturated heterocycles. The van der Waals surface area contributed by atoms with Gasteiger partial charge < -0.3 is 15.1 Å². The third-order valence-corrected chi connectivity index (χ3v) is 4.10. The molecule has 0 aliphatic heterocycles. The summed E-state index contributed by atoms with van der Waals surface area (Å²) >= 11 is 5.58. The molecule has 1 aromatic heterocycles. The Morgan fingerprint density at radius 2 is 2.04 bits per heavy atom. The average Bonchev–Trinajstić information content (AvgIpc) is 2.55. The summed E-state index contributed by atoms with van der Waals surface area (Å²) in [5.74, 6) is -0.289.